The highest BCUT2D eigenvalue weighted by atomic mass is 16.4. The van der Waals surface area contributed by atoms with E-state index in [1.807, 2.05) is 40.4 Å². The molecule has 6 nitrogen and oxygen atoms in total. The van der Waals surface area contributed by atoms with Gasteiger partial charge in [-0.2, -0.15) is 5.10 Å². The van der Waals surface area contributed by atoms with Crippen molar-refractivity contribution in [3.05, 3.63) is 53.2 Å². The zero-order valence-electron chi connectivity index (χ0n) is 18.2. The number of fused-ring (bicyclic) bond motifs is 1. The van der Waals surface area contributed by atoms with Gasteiger partial charge in [0.15, 0.2) is 0 Å². The largest absolute Gasteiger partial charge is 0.400 e. The fourth-order valence-electron chi connectivity index (χ4n) is 2.16. The van der Waals surface area contributed by atoms with Crippen molar-refractivity contribution in [1.29, 1.82) is 0 Å². The summed E-state index contributed by atoms with van der Waals surface area (Å²) in [6.45, 7) is 11.3. The molecule has 0 aliphatic carbocycles. The quantitative estimate of drug-likeness (QED) is 0.745. The van der Waals surface area contributed by atoms with Gasteiger partial charge in [0, 0.05) is 39.4 Å². The highest BCUT2D eigenvalue weighted by Gasteiger charge is 2.09. The maximum atomic E-state index is 7.00. The van der Waals surface area contributed by atoms with Crippen LogP contribution in [-0.4, -0.2) is 45.6 Å². The van der Waals surface area contributed by atoms with Crippen molar-refractivity contribution in [2.24, 2.45) is 0 Å². The molecule has 3 heterocycles. The minimum atomic E-state index is 0.724. The molecule has 3 aromatic rings. The molecule has 0 aliphatic rings. The van der Waals surface area contributed by atoms with Gasteiger partial charge >= 0.3 is 0 Å². The van der Waals surface area contributed by atoms with E-state index in [0.29, 0.717) is 0 Å². The summed E-state index contributed by atoms with van der Waals surface area (Å²) in [7, 11) is 4.25. The third-order valence-electron chi connectivity index (χ3n) is 3.97. The first-order valence-electron chi connectivity index (χ1n) is 9.26. The molecule has 0 fully saturated rings. The van der Waals surface area contributed by atoms with Crippen LogP contribution in [0.2, 0.25) is 0 Å². The summed E-state index contributed by atoms with van der Waals surface area (Å²) in [4.78, 5) is 4.59. The molecule has 3 aromatic heterocycles. The first-order valence-corrected chi connectivity index (χ1v) is 9.26. The molecular formula is C21H36N4O2. The number of aliphatic hydroxyl groups excluding tert-OH is 1. The number of aryl methyl sites for hydroxylation is 1. The minimum absolute atomic E-state index is 0.724. The minimum Gasteiger partial charge on any atom is -0.400 e. The summed E-state index contributed by atoms with van der Waals surface area (Å²) in [5.74, 6) is 0. The molecule has 0 aliphatic heterocycles. The average molecular weight is 377 g/mol. The van der Waals surface area contributed by atoms with Crippen molar-refractivity contribution in [3.8, 4) is 0 Å². The van der Waals surface area contributed by atoms with Gasteiger partial charge in [-0.1, -0.05) is 32.8 Å². The van der Waals surface area contributed by atoms with Gasteiger partial charge in [-0.3, -0.25) is 4.68 Å². The van der Waals surface area contributed by atoms with Gasteiger partial charge in [-0.05, 0) is 38.5 Å². The summed E-state index contributed by atoms with van der Waals surface area (Å²) < 4.78 is 8.31. The van der Waals surface area contributed by atoms with E-state index < -0.39 is 0 Å². The monoisotopic (exact) mass is 376 g/mol. The van der Waals surface area contributed by atoms with Crippen LogP contribution in [0.1, 0.15) is 49.3 Å². The Balaban J connectivity index is 0.000000644. The van der Waals surface area contributed by atoms with Crippen LogP contribution in [0, 0.1) is 20.8 Å². The highest BCUT2D eigenvalue weighted by molar-refractivity contribution is 5.39. The summed E-state index contributed by atoms with van der Waals surface area (Å²) in [6, 6.07) is 6.02. The Labute approximate surface area is 163 Å². The number of hydrogen-bond donors (Lipinski definition) is 1. The number of hydrogen-bond acceptors (Lipinski definition) is 4. The third-order valence-corrected chi connectivity index (χ3v) is 3.97. The second kappa shape index (κ2) is 13.9. The molecule has 152 valence electrons. The van der Waals surface area contributed by atoms with Crippen molar-refractivity contribution >= 4 is 5.65 Å². The first-order chi connectivity index (χ1) is 13.0. The Kier molecular flexibility index (Phi) is 12.8. The summed E-state index contributed by atoms with van der Waals surface area (Å²) in [6.07, 6.45) is 6.71. The van der Waals surface area contributed by atoms with E-state index in [4.69, 9.17) is 5.11 Å². The maximum absolute atomic E-state index is 7.00. The Morgan fingerprint density at radius 1 is 1.04 bits per heavy atom. The molecule has 0 aromatic carbocycles. The van der Waals surface area contributed by atoms with Crippen LogP contribution in [0.5, 0.6) is 0 Å². The van der Waals surface area contributed by atoms with Gasteiger partial charge in [0.2, 0.25) is 0 Å². The molecule has 0 radical (unpaired) electrons. The summed E-state index contributed by atoms with van der Waals surface area (Å²) in [5, 5.41) is 11.5. The van der Waals surface area contributed by atoms with Crippen molar-refractivity contribution in [1.82, 2.24) is 19.2 Å². The smallest absolute Gasteiger partial charge is 0.137 e. The molecule has 0 unspecified atom stereocenters. The van der Waals surface area contributed by atoms with E-state index in [2.05, 4.69) is 48.7 Å². The molecule has 0 bridgehead atoms. The molecule has 0 saturated heterocycles. The zero-order valence-corrected chi connectivity index (χ0v) is 18.2. The standard InChI is InChI=1S/C14H16N4.C4H10.C2H6O.CH4O/c1-10-11(2)16-18(12(10)3)9-13-8-17-7-5-4-6-14(17)15-13;1-3-4-2;1-3-2;1-2/h4-8H,9H2,1-3H3;3-4H2,1-2H3;1-2H3;2H,1H3. The number of methoxy groups -OCH3 is 1. The third kappa shape index (κ3) is 7.93. The predicted molar refractivity (Wildman–Crippen MR) is 112 cm³/mol. The fraction of sp³-hybridized carbons (Fsp3) is 0.524. The average Bonchev–Trinajstić information content (AvgIpc) is 3.20. The van der Waals surface area contributed by atoms with Gasteiger partial charge in [-0.15, -0.1) is 0 Å². The van der Waals surface area contributed by atoms with Crippen LogP contribution in [0.3, 0.4) is 0 Å². The number of pyridine rings is 1. The number of aromatic nitrogens is 4. The van der Waals surface area contributed by atoms with Gasteiger partial charge in [-0.25, -0.2) is 4.98 Å². The molecule has 1 N–H and O–H groups in total. The van der Waals surface area contributed by atoms with Gasteiger partial charge < -0.3 is 14.2 Å². The van der Waals surface area contributed by atoms with Crippen LogP contribution in [0.25, 0.3) is 5.65 Å². The van der Waals surface area contributed by atoms with Gasteiger partial charge in [0.1, 0.15) is 5.65 Å². The van der Waals surface area contributed by atoms with Gasteiger partial charge in [0.05, 0.1) is 17.9 Å². The van der Waals surface area contributed by atoms with Gasteiger partial charge in [0.25, 0.3) is 0 Å². The molecular weight excluding hydrogens is 340 g/mol. The number of rotatable bonds is 3. The number of imidazole rings is 1. The number of unbranched alkanes of at least 4 members (excludes halogenated alkanes) is 1. The Hall–Kier alpha value is -2.18. The topological polar surface area (TPSA) is 64.6 Å². The zero-order chi connectivity index (χ0) is 20.8. The van der Waals surface area contributed by atoms with E-state index in [1.165, 1.54) is 24.1 Å². The second-order valence-electron chi connectivity index (χ2n) is 6.06. The SMILES string of the molecule is CCCC.CO.COC.Cc1nn(Cc2cn3ccccc3n2)c(C)c1C. The highest BCUT2D eigenvalue weighted by Crippen LogP contribution is 2.13. The number of ether oxygens (including phenoxy) is 1. The van der Waals surface area contributed by atoms with E-state index in [-0.39, 0.29) is 0 Å². The summed E-state index contributed by atoms with van der Waals surface area (Å²) in [5.41, 5.74) is 5.58. The lowest BCUT2D eigenvalue weighted by atomic mass is 10.2. The van der Waals surface area contributed by atoms with E-state index in [1.54, 1.807) is 14.2 Å². The normalized spacial score (nSPS) is 9.52. The first kappa shape index (κ1) is 24.8. The lowest BCUT2D eigenvalue weighted by molar-refractivity contribution is 0.277. The Bertz CT molecular complexity index is 728. The molecule has 0 saturated carbocycles. The van der Waals surface area contributed by atoms with Crippen LogP contribution in [-0.2, 0) is 11.3 Å². The second-order valence-corrected chi connectivity index (χ2v) is 6.06. The molecule has 0 atom stereocenters. The van der Waals surface area contributed by atoms with Crippen molar-refractivity contribution in [2.45, 2.75) is 54.0 Å². The molecule has 27 heavy (non-hydrogen) atoms. The van der Waals surface area contributed by atoms with Crippen LogP contribution < -0.4 is 0 Å². The lowest BCUT2D eigenvalue weighted by Gasteiger charge is -2.01. The van der Waals surface area contributed by atoms with Crippen LogP contribution in [0.15, 0.2) is 30.6 Å². The molecule has 0 spiro atoms. The Morgan fingerprint density at radius 3 is 2.07 bits per heavy atom. The molecule has 0 amide bonds. The number of aliphatic hydroxyl groups is 1. The number of nitrogens with zero attached hydrogens (tertiary/aromatic N) is 4. The molecule has 3 rings (SSSR count). The maximum Gasteiger partial charge on any atom is 0.137 e. The van der Waals surface area contributed by atoms with E-state index >= 15 is 0 Å². The summed E-state index contributed by atoms with van der Waals surface area (Å²) >= 11 is 0. The van der Waals surface area contributed by atoms with E-state index in [0.717, 1.165) is 30.7 Å². The van der Waals surface area contributed by atoms with Crippen LogP contribution in [0.4, 0.5) is 0 Å². The van der Waals surface area contributed by atoms with E-state index in [9.17, 15) is 0 Å². The van der Waals surface area contributed by atoms with Crippen molar-refractivity contribution in [2.75, 3.05) is 21.3 Å². The van der Waals surface area contributed by atoms with Crippen molar-refractivity contribution in [3.63, 3.8) is 0 Å². The predicted octanol–water partition coefficient (Wildman–Crippen LogP) is 4.18. The molecule has 6 heteroatoms. The Morgan fingerprint density at radius 2 is 1.63 bits per heavy atom. The van der Waals surface area contributed by atoms with Crippen molar-refractivity contribution < 1.29 is 9.84 Å². The lowest BCUT2D eigenvalue weighted by Crippen LogP contribution is -2.04. The fourth-order valence-corrected chi connectivity index (χ4v) is 2.16. The van der Waals surface area contributed by atoms with Crippen LogP contribution >= 0.6 is 0 Å².